The summed E-state index contributed by atoms with van der Waals surface area (Å²) in [5.74, 6) is -1.40. The summed E-state index contributed by atoms with van der Waals surface area (Å²) in [6.45, 7) is 10.8. The summed E-state index contributed by atoms with van der Waals surface area (Å²) in [6, 6.07) is 0. The van der Waals surface area contributed by atoms with Gasteiger partial charge in [0.1, 0.15) is 18.3 Å². The van der Waals surface area contributed by atoms with Crippen LogP contribution < -0.4 is 0 Å². The first-order valence-electron chi connectivity index (χ1n) is 10.8. The maximum atomic E-state index is 12.6. The van der Waals surface area contributed by atoms with Gasteiger partial charge in [0.2, 0.25) is 0 Å². The van der Waals surface area contributed by atoms with Gasteiger partial charge in [0.25, 0.3) is 0 Å². The molecule has 0 aromatic carbocycles. The van der Waals surface area contributed by atoms with E-state index in [1.807, 2.05) is 0 Å². The minimum absolute atomic E-state index is 0.0219. The average molecular weight is 431 g/mol. The molecule has 0 aromatic heterocycles. The number of aliphatic hydroxyl groups is 1. The monoisotopic (exact) mass is 430 g/mol. The number of esters is 1. The lowest BCUT2D eigenvalue weighted by Gasteiger charge is -2.48. The number of rotatable bonds is 4. The van der Waals surface area contributed by atoms with Crippen molar-refractivity contribution in [1.82, 2.24) is 0 Å². The lowest BCUT2D eigenvalue weighted by atomic mass is 9.77. The number of carbonyl (C=O) groups excluding carboxylic acids is 1. The van der Waals surface area contributed by atoms with Crippen molar-refractivity contribution >= 4 is 14.3 Å². The zero-order valence-electron chi connectivity index (χ0n) is 18.9. The third-order valence-corrected chi connectivity index (χ3v) is 11.8. The Balaban J connectivity index is 1.97. The lowest BCUT2D eigenvalue weighted by molar-refractivity contribution is -0.221. The molecule has 29 heavy (non-hydrogen) atoms. The van der Waals surface area contributed by atoms with Crippen LogP contribution >= 0.6 is 0 Å². The van der Waals surface area contributed by atoms with Gasteiger partial charge in [0.15, 0.2) is 19.7 Å². The van der Waals surface area contributed by atoms with Crippen molar-refractivity contribution in [2.45, 2.75) is 113 Å². The van der Waals surface area contributed by atoms with E-state index in [9.17, 15) is 9.90 Å². The number of fused-ring (bicyclic) bond motifs is 1. The van der Waals surface area contributed by atoms with Crippen molar-refractivity contribution < 1.29 is 33.3 Å². The Morgan fingerprint density at radius 3 is 2.17 bits per heavy atom. The second-order valence-electron chi connectivity index (χ2n) is 10.3. The lowest BCUT2D eigenvalue weighted by Crippen LogP contribution is -2.67. The molecule has 5 atom stereocenters. The van der Waals surface area contributed by atoms with Crippen LogP contribution in [0.3, 0.4) is 0 Å². The Morgan fingerprint density at radius 2 is 1.66 bits per heavy atom. The van der Waals surface area contributed by atoms with Crippen molar-refractivity contribution in [2.24, 2.45) is 0 Å². The Morgan fingerprint density at radius 1 is 1.07 bits per heavy atom. The average Bonchev–Trinajstić information content (AvgIpc) is 2.99. The van der Waals surface area contributed by atoms with Gasteiger partial charge in [-0.25, -0.2) is 4.79 Å². The molecule has 3 fully saturated rings. The summed E-state index contributed by atoms with van der Waals surface area (Å²) in [4.78, 5) is 12.6. The summed E-state index contributed by atoms with van der Waals surface area (Å²) < 4.78 is 30.2. The molecule has 1 heterocycles. The molecule has 0 bridgehead atoms. The third-order valence-electron chi connectivity index (χ3n) is 7.33. The summed E-state index contributed by atoms with van der Waals surface area (Å²) in [7, 11) is 0.569. The van der Waals surface area contributed by atoms with Gasteiger partial charge in [-0.3, -0.25) is 0 Å². The molecule has 1 spiro atoms. The van der Waals surface area contributed by atoms with Crippen LogP contribution in [0, 0.1) is 0 Å². The minimum atomic E-state index is -2.19. The summed E-state index contributed by atoms with van der Waals surface area (Å²) in [6.07, 6.45) is 2.57. The number of ether oxygens (including phenoxy) is 4. The summed E-state index contributed by atoms with van der Waals surface area (Å²) in [5.41, 5.74) is -1.85. The van der Waals surface area contributed by atoms with Gasteiger partial charge in [-0.2, -0.15) is 0 Å². The Kier molecular flexibility index (Phi) is 6.29. The van der Waals surface area contributed by atoms with Gasteiger partial charge < -0.3 is 28.5 Å². The van der Waals surface area contributed by atoms with E-state index in [0.717, 1.165) is 32.1 Å². The van der Waals surface area contributed by atoms with Crippen molar-refractivity contribution in [2.75, 3.05) is 14.2 Å². The zero-order chi connectivity index (χ0) is 21.7. The second kappa shape index (κ2) is 7.87. The van der Waals surface area contributed by atoms with Crippen LogP contribution in [0.25, 0.3) is 0 Å². The summed E-state index contributed by atoms with van der Waals surface area (Å²) in [5, 5.41) is 11.4. The van der Waals surface area contributed by atoms with Gasteiger partial charge in [-0.05, 0) is 31.0 Å². The number of carbonyl (C=O) groups is 1. The predicted octanol–water partition coefficient (Wildman–Crippen LogP) is 3.14. The molecule has 0 unspecified atom stereocenters. The number of hydrogen-bond donors (Lipinski definition) is 1. The van der Waals surface area contributed by atoms with Crippen molar-refractivity contribution in [1.29, 1.82) is 0 Å². The Bertz CT molecular complexity index is 611. The van der Waals surface area contributed by atoms with E-state index in [0.29, 0.717) is 0 Å². The van der Waals surface area contributed by atoms with Gasteiger partial charge in [-0.1, -0.05) is 27.2 Å². The van der Waals surface area contributed by atoms with Crippen LogP contribution in [-0.2, 0) is 28.2 Å². The molecular weight excluding hydrogens is 392 g/mol. The van der Waals surface area contributed by atoms with E-state index >= 15 is 0 Å². The topological polar surface area (TPSA) is 83.5 Å². The van der Waals surface area contributed by atoms with Gasteiger partial charge in [0.05, 0.1) is 13.2 Å². The van der Waals surface area contributed by atoms with Gasteiger partial charge >= 0.3 is 5.97 Å². The fourth-order valence-electron chi connectivity index (χ4n) is 4.69. The van der Waals surface area contributed by atoms with Gasteiger partial charge in [0, 0.05) is 26.4 Å². The first kappa shape index (κ1) is 23.2. The molecule has 0 aromatic rings. The molecule has 0 radical (unpaired) electrons. The van der Waals surface area contributed by atoms with Crippen molar-refractivity contribution in [3.63, 3.8) is 0 Å². The third kappa shape index (κ3) is 4.04. The molecule has 0 amide bonds. The predicted molar refractivity (Wildman–Crippen MR) is 110 cm³/mol. The normalized spacial score (nSPS) is 37.4. The van der Waals surface area contributed by atoms with E-state index in [4.69, 9.17) is 23.4 Å². The van der Waals surface area contributed by atoms with Crippen molar-refractivity contribution in [3.8, 4) is 0 Å². The quantitative estimate of drug-likeness (QED) is 0.542. The van der Waals surface area contributed by atoms with Crippen LogP contribution in [0.15, 0.2) is 0 Å². The van der Waals surface area contributed by atoms with Crippen LogP contribution in [0.1, 0.15) is 59.3 Å². The van der Waals surface area contributed by atoms with E-state index < -0.39 is 50.1 Å². The molecule has 2 aliphatic carbocycles. The Hall–Kier alpha value is -0.513. The first-order chi connectivity index (χ1) is 13.4. The number of methoxy groups -OCH3 is 2. The maximum Gasteiger partial charge on any atom is 0.340 e. The molecule has 1 N–H and O–H groups in total. The fourth-order valence-corrected chi connectivity index (χ4v) is 6.01. The Labute approximate surface area is 175 Å². The van der Waals surface area contributed by atoms with E-state index in [2.05, 4.69) is 33.9 Å². The molecule has 168 valence electrons. The van der Waals surface area contributed by atoms with E-state index in [-0.39, 0.29) is 11.5 Å². The fraction of sp³-hybridized carbons (Fsp3) is 0.952. The van der Waals surface area contributed by atoms with E-state index in [1.54, 1.807) is 0 Å². The highest BCUT2D eigenvalue weighted by Crippen LogP contribution is 2.50. The molecule has 1 aliphatic heterocycles. The molecule has 8 heteroatoms. The standard InChI is InChI=1S/C21H38O7Si/c1-19(2,3)29(6,7)28-14-13-21(23,18(22)25-5)17(24-4)16-15(14)26-20(27-16)11-9-8-10-12-20/h14-17,23H,8-13H2,1-7H3/t14-,15+,16+,17-,21+/m1/s1. The van der Waals surface area contributed by atoms with Crippen LogP contribution in [0.2, 0.25) is 18.1 Å². The largest absolute Gasteiger partial charge is 0.467 e. The zero-order valence-corrected chi connectivity index (χ0v) is 19.9. The molecule has 7 nitrogen and oxygen atoms in total. The molecular formula is C21H38O7Si. The van der Waals surface area contributed by atoms with Gasteiger partial charge in [-0.15, -0.1) is 0 Å². The van der Waals surface area contributed by atoms with Crippen LogP contribution in [0.5, 0.6) is 0 Å². The molecule has 3 aliphatic rings. The minimum Gasteiger partial charge on any atom is -0.467 e. The van der Waals surface area contributed by atoms with Crippen LogP contribution in [-0.4, -0.2) is 69.4 Å². The van der Waals surface area contributed by atoms with E-state index in [1.165, 1.54) is 14.2 Å². The molecule has 1 saturated heterocycles. The van der Waals surface area contributed by atoms with Crippen molar-refractivity contribution in [3.05, 3.63) is 0 Å². The highest BCUT2D eigenvalue weighted by Gasteiger charge is 2.65. The highest BCUT2D eigenvalue weighted by molar-refractivity contribution is 6.74. The number of hydrogen-bond acceptors (Lipinski definition) is 7. The smallest absolute Gasteiger partial charge is 0.340 e. The van der Waals surface area contributed by atoms with Crippen LogP contribution in [0.4, 0.5) is 0 Å². The highest BCUT2D eigenvalue weighted by atomic mass is 28.4. The summed E-state index contributed by atoms with van der Waals surface area (Å²) >= 11 is 0. The SMILES string of the molecule is COC(=O)[C@]1(O)C[C@@H](O[Si](C)(C)C(C)(C)C)[C@@H]2OC3(CCCCC3)O[C@@H]2[C@H]1OC. The molecule has 2 saturated carbocycles. The molecule has 3 rings (SSSR count). The second-order valence-corrected chi connectivity index (χ2v) is 15.1. The maximum absolute atomic E-state index is 12.6. The first-order valence-corrected chi connectivity index (χ1v) is 13.7.